The Morgan fingerprint density at radius 3 is 2.44 bits per heavy atom. The van der Waals surface area contributed by atoms with E-state index in [-0.39, 0.29) is 11.9 Å². The zero-order valence-corrected chi connectivity index (χ0v) is 19.5. The van der Waals surface area contributed by atoms with Crippen LogP contribution in [0.15, 0.2) is 18.2 Å². The molecule has 0 bridgehead atoms. The highest BCUT2D eigenvalue weighted by atomic mass is 16.6. The summed E-state index contributed by atoms with van der Waals surface area (Å²) >= 11 is 0. The molecule has 4 aliphatic heterocycles. The van der Waals surface area contributed by atoms with Gasteiger partial charge in [-0.15, -0.1) is 0 Å². The van der Waals surface area contributed by atoms with Crippen LogP contribution in [0.25, 0.3) is 0 Å². The number of nitrogens with zero attached hydrogens (tertiary/aromatic N) is 3. The summed E-state index contributed by atoms with van der Waals surface area (Å²) in [7, 11) is 0. The van der Waals surface area contributed by atoms with Crippen LogP contribution in [0.2, 0.25) is 0 Å². The third kappa shape index (κ3) is 5.23. The Kier molecular flexibility index (Phi) is 7.18. The van der Waals surface area contributed by atoms with E-state index in [0.717, 1.165) is 44.0 Å². The van der Waals surface area contributed by atoms with Crippen LogP contribution in [0.5, 0.6) is 11.5 Å². The molecule has 4 aliphatic rings. The summed E-state index contributed by atoms with van der Waals surface area (Å²) in [6.45, 7) is 8.51. The number of piperidine rings is 1. The minimum atomic E-state index is 0.163. The van der Waals surface area contributed by atoms with E-state index in [1.807, 2.05) is 6.07 Å². The lowest BCUT2D eigenvalue weighted by Crippen LogP contribution is -2.46. The zero-order valence-electron chi connectivity index (χ0n) is 19.5. The number of fused-ring (bicyclic) bond motifs is 1. The van der Waals surface area contributed by atoms with Crippen molar-refractivity contribution in [3.63, 3.8) is 0 Å². The van der Waals surface area contributed by atoms with E-state index in [1.54, 1.807) is 0 Å². The molecule has 2 unspecified atom stereocenters. The number of benzene rings is 1. The van der Waals surface area contributed by atoms with Crippen molar-refractivity contribution in [3.8, 4) is 11.5 Å². The molecule has 176 valence electrons. The number of hydrogen-bond acceptors (Lipinski definition) is 5. The van der Waals surface area contributed by atoms with Crippen molar-refractivity contribution in [2.24, 2.45) is 5.92 Å². The molecule has 0 radical (unpaired) electrons. The van der Waals surface area contributed by atoms with Crippen molar-refractivity contribution in [1.29, 1.82) is 0 Å². The van der Waals surface area contributed by atoms with Gasteiger partial charge >= 0.3 is 0 Å². The Hall–Kier alpha value is -1.79. The molecule has 6 nitrogen and oxygen atoms in total. The number of amides is 1. The summed E-state index contributed by atoms with van der Waals surface area (Å²) in [5.41, 5.74) is 1.18. The molecule has 3 saturated heterocycles. The lowest BCUT2D eigenvalue weighted by molar-refractivity contribution is -0.133. The highest BCUT2D eigenvalue weighted by Gasteiger charge is 2.32. The molecule has 5 rings (SSSR count). The van der Waals surface area contributed by atoms with Gasteiger partial charge in [0.25, 0.3) is 0 Å². The van der Waals surface area contributed by atoms with Crippen molar-refractivity contribution in [2.45, 2.75) is 57.4 Å². The van der Waals surface area contributed by atoms with Gasteiger partial charge in [0.05, 0.1) is 12.6 Å². The monoisotopic (exact) mass is 441 g/mol. The number of hydrogen-bond donors (Lipinski definition) is 0. The van der Waals surface area contributed by atoms with Crippen molar-refractivity contribution >= 4 is 5.91 Å². The number of rotatable bonds is 5. The molecule has 0 N–H and O–H groups in total. The van der Waals surface area contributed by atoms with Crippen molar-refractivity contribution in [2.75, 3.05) is 59.0 Å². The summed E-state index contributed by atoms with van der Waals surface area (Å²) < 4.78 is 11.5. The molecule has 0 saturated carbocycles. The Bertz CT molecular complexity index is 778. The Morgan fingerprint density at radius 2 is 1.59 bits per heavy atom. The van der Waals surface area contributed by atoms with Gasteiger partial charge in [0, 0.05) is 19.6 Å². The molecule has 2 atom stereocenters. The van der Waals surface area contributed by atoms with Crippen LogP contribution >= 0.6 is 0 Å². The normalized spacial score (nSPS) is 27.3. The molecule has 1 aromatic rings. The predicted molar refractivity (Wildman–Crippen MR) is 125 cm³/mol. The van der Waals surface area contributed by atoms with Crippen LogP contribution in [-0.4, -0.2) is 79.6 Å². The molecule has 0 aromatic heterocycles. The average molecular weight is 442 g/mol. The van der Waals surface area contributed by atoms with Gasteiger partial charge in [-0.25, -0.2) is 0 Å². The van der Waals surface area contributed by atoms with Crippen LogP contribution in [0, 0.1) is 5.92 Å². The summed E-state index contributed by atoms with van der Waals surface area (Å²) in [4.78, 5) is 20.6. The number of ether oxygens (including phenoxy) is 2. The van der Waals surface area contributed by atoms with E-state index < -0.39 is 0 Å². The predicted octanol–water partition coefficient (Wildman–Crippen LogP) is 3.71. The van der Waals surface area contributed by atoms with Crippen molar-refractivity contribution < 1.29 is 14.3 Å². The molecular weight excluding hydrogens is 402 g/mol. The minimum Gasteiger partial charge on any atom is -0.486 e. The molecule has 3 fully saturated rings. The minimum absolute atomic E-state index is 0.163. The molecule has 0 spiro atoms. The topological polar surface area (TPSA) is 45.3 Å². The lowest BCUT2D eigenvalue weighted by atomic mass is 9.97. The first-order valence-electron chi connectivity index (χ1n) is 12.9. The van der Waals surface area contributed by atoms with Crippen molar-refractivity contribution in [1.82, 2.24) is 14.7 Å². The van der Waals surface area contributed by atoms with E-state index in [9.17, 15) is 4.79 Å². The summed E-state index contributed by atoms with van der Waals surface area (Å²) in [5, 5.41) is 0. The maximum absolute atomic E-state index is 13.3. The first-order valence-corrected chi connectivity index (χ1v) is 12.9. The summed E-state index contributed by atoms with van der Waals surface area (Å²) in [5.74, 6) is 2.64. The fourth-order valence-corrected chi connectivity index (χ4v) is 6.09. The molecule has 1 amide bonds. The standard InChI is InChI=1S/C26H39N3O3/c30-26(20-28-13-5-7-21(19-28)18-27-11-3-1-2-4-12-27)29-14-6-8-23(29)22-9-10-24-25(17-22)32-16-15-31-24/h9-10,17,21,23H,1-8,11-16,18-20H2. The SMILES string of the molecule is O=C(CN1CCCC(CN2CCCCCC2)C1)N1CCCC1c1ccc2c(c1)OCCO2. The fraction of sp³-hybridized carbons (Fsp3) is 0.731. The van der Waals surface area contributed by atoms with Crippen LogP contribution in [-0.2, 0) is 4.79 Å². The van der Waals surface area contributed by atoms with E-state index in [4.69, 9.17) is 9.47 Å². The van der Waals surface area contributed by atoms with E-state index in [2.05, 4.69) is 26.8 Å². The van der Waals surface area contributed by atoms with Gasteiger partial charge in [-0.3, -0.25) is 9.69 Å². The maximum atomic E-state index is 13.3. The summed E-state index contributed by atoms with van der Waals surface area (Å²) in [6, 6.07) is 6.37. The smallest absolute Gasteiger partial charge is 0.237 e. The number of carbonyl (C=O) groups is 1. The van der Waals surface area contributed by atoms with Gasteiger partial charge in [-0.2, -0.15) is 0 Å². The zero-order chi connectivity index (χ0) is 21.8. The molecular formula is C26H39N3O3. The van der Waals surface area contributed by atoms with Gasteiger partial charge in [0.2, 0.25) is 5.91 Å². The Labute approximate surface area is 192 Å². The molecule has 32 heavy (non-hydrogen) atoms. The lowest BCUT2D eigenvalue weighted by Gasteiger charge is -2.36. The van der Waals surface area contributed by atoms with E-state index >= 15 is 0 Å². The van der Waals surface area contributed by atoms with Gasteiger partial charge in [-0.05, 0) is 81.8 Å². The average Bonchev–Trinajstić information content (AvgIpc) is 3.18. The molecule has 0 aliphatic carbocycles. The molecule has 1 aromatic carbocycles. The highest BCUT2D eigenvalue weighted by Crippen LogP contribution is 2.38. The van der Waals surface area contributed by atoms with Gasteiger partial charge in [-0.1, -0.05) is 18.9 Å². The molecule has 6 heteroatoms. The third-order valence-corrected chi connectivity index (χ3v) is 7.70. The first kappa shape index (κ1) is 22.0. The number of likely N-dealkylation sites (tertiary alicyclic amines) is 3. The second-order valence-corrected chi connectivity index (χ2v) is 10.1. The van der Waals surface area contributed by atoms with Crippen LogP contribution in [0.3, 0.4) is 0 Å². The summed E-state index contributed by atoms with van der Waals surface area (Å²) in [6.07, 6.45) is 10.1. The van der Waals surface area contributed by atoms with Gasteiger partial charge < -0.3 is 19.3 Å². The van der Waals surface area contributed by atoms with Gasteiger partial charge in [0.1, 0.15) is 13.2 Å². The quantitative estimate of drug-likeness (QED) is 0.697. The fourth-order valence-electron chi connectivity index (χ4n) is 6.09. The van der Waals surface area contributed by atoms with Crippen LogP contribution in [0.4, 0.5) is 0 Å². The Morgan fingerprint density at radius 1 is 0.844 bits per heavy atom. The molecule has 4 heterocycles. The maximum Gasteiger partial charge on any atom is 0.237 e. The van der Waals surface area contributed by atoms with E-state index in [0.29, 0.717) is 25.7 Å². The third-order valence-electron chi connectivity index (χ3n) is 7.70. The van der Waals surface area contributed by atoms with Gasteiger partial charge in [0.15, 0.2) is 11.5 Å². The van der Waals surface area contributed by atoms with Crippen molar-refractivity contribution in [3.05, 3.63) is 23.8 Å². The Balaban J connectivity index is 1.17. The van der Waals surface area contributed by atoms with Crippen LogP contribution in [0.1, 0.15) is 63.0 Å². The second-order valence-electron chi connectivity index (χ2n) is 10.1. The first-order chi connectivity index (χ1) is 15.8. The highest BCUT2D eigenvalue weighted by molar-refractivity contribution is 5.79. The largest absolute Gasteiger partial charge is 0.486 e. The number of carbonyl (C=O) groups excluding carboxylic acids is 1. The second kappa shape index (κ2) is 10.4. The van der Waals surface area contributed by atoms with E-state index in [1.165, 1.54) is 63.7 Å². The van der Waals surface area contributed by atoms with Crippen LogP contribution < -0.4 is 9.47 Å².